The monoisotopic (exact) mass is 395 g/mol. The second-order valence-electron chi connectivity index (χ2n) is 7.39. The molecule has 1 spiro atoms. The third-order valence-electron chi connectivity index (χ3n) is 5.42. The zero-order chi connectivity index (χ0) is 20.4. The van der Waals surface area contributed by atoms with Crippen molar-refractivity contribution in [3.8, 4) is 0 Å². The Hall–Kier alpha value is -3.42. The molecule has 1 heterocycles. The fourth-order valence-corrected chi connectivity index (χ4v) is 3.90. The van der Waals surface area contributed by atoms with Gasteiger partial charge in [0.15, 0.2) is 6.61 Å². The van der Waals surface area contributed by atoms with Crippen LogP contribution in [0, 0.1) is 0 Å². The molecule has 8 heteroatoms. The average Bonchev–Trinajstić information content (AvgIpc) is 2.96. The zero-order valence-corrected chi connectivity index (χ0v) is 15.8. The summed E-state index contributed by atoms with van der Waals surface area (Å²) in [4.78, 5) is 49.2. The number of urea groups is 1. The lowest BCUT2D eigenvalue weighted by Gasteiger charge is -2.30. The minimum atomic E-state index is -0.926. The molecule has 4 rings (SSSR count). The number of carbonyl (C=O) groups is 4. The number of benzene rings is 2. The maximum atomic E-state index is 12.6. The van der Waals surface area contributed by atoms with Gasteiger partial charge in [-0.05, 0) is 35.7 Å². The standard InChI is InChI=1S/C21H21N3O5/c25-17(23-24-19(27)21(22-20(24)28)10-4-1-5-11-21)13-29-18(26)16-9-8-14-6-2-3-7-15(14)12-16/h2-3,6-9,12H,1,4-5,10-11,13H2,(H,22,28)(H,23,25). The number of rotatable bonds is 4. The van der Waals surface area contributed by atoms with E-state index in [1.165, 1.54) is 0 Å². The average molecular weight is 395 g/mol. The van der Waals surface area contributed by atoms with Crippen LogP contribution in [0.1, 0.15) is 42.5 Å². The molecule has 0 atom stereocenters. The van der Waals surface area contributed by atoms with E-state index >= 15 is 0 Å². The van der Waals surface area contributed by atoms with Crippen LogP contribution in [0.25, 0.3) is 10.8 Å². The van der Waals surface area contributed by atoms with Crippen LogP contribution < -0.4 is 10.7 Å². The highest BCUT2D eigenvalue weighted by Gasteiger charge is 2.52. The molecule has 29 heavy (non-hydrogen) atoms. The topological polar surface area (TPSA) is 105 Å². The summed E-state index contributed by atoms with van der Waals surface area (Å²) in [7, 11) is 0. The predicted molar refractivity (Wildman–Crippen MR) is 104 cm³/mol. The summed E-state index contributed by atoms with van der Waals surface area (Å²) in [6.07, 6.45) is 3.82. The van der Waals surface area contributed by atoms with Crippen molar-refractivity contribution in [2.75, 3.05) is 6.61 Å². The van der Waals surface area contributed by atoms with E-state index in [1.54, 1.807) is 18.2 Å². The SMILES string of the molecule is O=C(COC(=O)c1ccc2ccccc2c1)NN1C(=O)NC2(CCCCC2)C1=O. The number of nitrogens with one attached hydrogen (secondary N) is 2. The van der Waals surface area contributed by atoms with Crippen molar-refractivity contribution in [3.05, 3.63) is 48.0 Å². The van der Waals surface area contributed by atoms with E-state index in [1.807, 2.05) is 24.3 Å². The van der Waals surface area contributed by atoms with Gasteiger partial charge in [-0.2, -0.15) is 5.01 Å². The molecule has 150 valence electrons. The second-order valence-corrected chi connectivity index (χ2v) is 7.39. The van der Waals surface area contributed by atoms with Crippen LogP contribution in [0.4, 0.5) is 4.79 Å². The van der Waals surface area contributed by atoms with E-state index in [9.17, 15) is 19.2 Å². The van der Waals surface area contributed by atoms with Crippen molar-refractivity contribution in [1.82, 2.24) is 15.8 Å². The van der Waals surface area contributed by atoms with Gasteiger partial charge in [-0.15, -0.1) is 0 Å². The Balaban J connectivity index is 1.35. The molecule has 0 radical (unpaired) electrons. The summed E-state index contributed by atoms with van der Waals surface area (Å²) >= 11 is 0. The molecule has 0 bridgehead atoms. The summed E-state index contributed by atoms with van der Waals surface area (Å²) in [5.41, 5.74) is 1.63. The molecule has 2 aromatic carbocycles. The first-order valence-electron chi connectivity index (χ1n) is 9.61. The minimum absolute atomic E-state index is 0.313. The van der Waals surface area contributed by atoms with Gasteiger partial charge in [-0.25, -0.2) is 9.59 Å². The van der Waals surface area contributed by atoms with E-state index in [0.29, 0.717) is 23.4 Å². The number of carbonyl (C=O) groups excluding carboxylic acids is 4. The summed E-state index contributed by atoms with van der Waals surface area (Å²) in [6.45, 7) is -0.601. The predicted octanol–water partition coefficient (Wildman–Crippen LogP) is 2.28. The third-order valence-corrected chi connectivity index (χ3v) is 5.42. The van der Waals surface area contributed by atoms with E-state index in [4.69, 9.17) is 4.74 Å². The fraction of sp³-hybridized carbons (Fsp3) is 0.333. The van der Waals surface area contributed by atoms with E-state index < -0.39 is 36.0 Å². The van der Waals surface area contributed by atoms with Crippen LogP contribution in [0.15, 0.2) is 42.5 Å². The first-order chi connectivity index (χ1) is 14.0. The van der Waals surface area contributed by atoms with Gasteiger partial charge in [-0.3, -0.25) is 15.0 Å². The van der Waals surface area contributed by atoms with Crippen LogP contribution in [0.2, 0.25) is 0 Å². The van der Waals surface area contributed by atoms with E-state index in [-0.39, 0.29) is 0 Å². The highest BCUT2D eigenvalue weighted by Crippen LogP contribution is 2.32. The highest BCUT2D eigenvalue weighted by atomic mass is 16.5. The van der Waals surface area contributed by atoms with Gasteiger partial charge in [0.05, 0.1) is 5.56 Å². The Kier molecular flexibility index (Phi) is 4.92. The molecule has 2 fully saturated rings. The molecular weight excluding hydrogens is 374 g/mol. The summed E-state index contributed by atoms with van der Waals surface area (Å²) in [5.74, 6) is -1.88. The zero-order valence-electron chi connectivity index (χ0n) is 15.8. The van der Waals surface area contributed by atoms with Crippen molar-refractivity contribution >= 4 is 34.6 Å². The molecule has 1 aliphatic heterocycles. The first-order valence-corrected chi connectivity index (χ1v) is 9.61. The maximum absolute atomic E-state index is 12.6. The molecule has 4 amide bonds. The lowest BCUT2D eigenvalue weighted by molar-refractivity contribution is -0.140. The minimum Gasteiger partial charge on any atom is -0.452 e. The molecule has 0 unspecified atom stereocenters. The van der Waals surface area contributed by atoms with Crippen LogP contribution in [0.3, 0.4) is 0 Å². The molecule has 2 N–H and O–H groups in total. The fourth-order valence-electron chi connectivity index (χ4n) is 3.90. The smallest absolute Gasteiger partial charge is 0.344 e. The van der Waals surface area contributed by atoms with Crippen molar-refractivity contribution in [3.63, 3.8) is 0 Å². The number of fused-ring (bicyclic) bond motifs is 1. The number of esters is 1. The molecular formula is C21H21N3O5. The Morgan fingerprint density at radius 2 is 1.76 bits per heavy atom. The molecule has 8 nitrogen and oxygen atoms in total. The Labute approximate surface area is 167 Å². The summed E-state index contributed by atoms with van der Waals surface area (Å²) in [5, 5.41) is 5.25. The molecule has 0 aromatic heterocycles. The van der Waals surface area contributed by atoms with Gasteiger partial charge < -0.3 is 10.1 Å². The Morgan fingerprint density at radius 3 is 2.52 bits per heavy atom. The van der Waals surface area contributed by atoms with E-state index in [2.05, 4.69) is 10.7 Å². The van der Waals surface area contributed by atoms with Gasteiger partial charge in [0, 0.05) is 0 Å². The summed E-state index contributed by atoms with van der Waals surface area (Å²) < 4.78 is 5.04. The quantitative estimate of drug-likeness (QED) is 0.610. The first kappa shape index (κ1) is 18.9. The number of nitrogens with zero attached hydrogens (tertiary/aromatic N) is 1. The molecule has 1 saturated heterocycles. The van der Waals surface area contributed by atoms with Crippen molar-refractivity contribution in [2.45, 2.75) is 37.6 Å². The Bertz CT molecular complexity index is 997. The van der Waals surface area contributed by atoms with Gasteiger partial charge in [0.1, 0.15) is 5.54 Å². The summed E-state index contributed by atoms with van der Waals surface area (Å²) in [6, 6.07) is 12.0. The number of hydrazine groups is 1. The third kappa shape index (κ3) is 3.65. The normalized spacial score (nSPS) is 18.0. The lowest BCUT2D eigenvalue weighted by Crippen LogP contribution is -2.51. The van der Waals surface area contributed by atoms with Gasteiger partial charge in [0.2, 0.25) is 0 Å². The van der Waals surface area contributed by atoms with Crippen LogP contribution in [-0.2, 0) is 14.3 Å². The molecule has 2 aliphatic rings. The van der Waals surface area contributed by atoms with E-state index in [0.717, 1.165) is 30.0 Å². The molecule has 1 aliphatic carbocycles. The number of hydrogen-bond acceptors (Lipinski definition) is 5. The van der Waals surface area contributed by atoms with Crippen LogP contribution in [0.5, 0.6) is 0 Å². The van der Waals surface area contributed by atoms with Gasteiger partial charge >= 0.3 is 12.0 Å². The second kappa shape index (κ2) is 7.54. The maximum Gasteiger partial charge on any atom is 0.344 e. The largest absolute Gasteiger partial charge is 0.452 e. The van der Waals surface area contributed by atoms with Crippen molar-refractivity contribution in [1.29, 1.82) is 0 Å². The number of hydrogen-bond donors (Lipinski definition) is 2. The van der Waals surface area contributed by atoms with Gasteiger partial charge in [0.25, 0.3) is 11.8 Å². The number of amides is 4. The molecule has 2 aromatic rings. The Morgan fingerprint density at radius 1 is 1.03 bits per heavy atom. The highest BCUT2D eigenvalue weighted by molar-refractivity contribution is 6.08. The number of ether oxygens (including phenoxy) is 1. The lowest BCUT2D eigenvalue weighted by atomic mass is 9.82. The molecule has 1 saturated carbocycles. The van der Waals surface area contributed by atoms with Crippen molar-refractivity contribution in [2.24, 2.45) is 0 Å². The van der Waals surface area contributed by atoms with Crippen LogP contribution >= 0.6 is 0 Å². The van der Waals surface area contributed by atoms with Crippen molar-refractivity contribution < 1.29 is 23.9 Å². The number of imide groups is 1. The van der Waals surface area contributed by atoms with Crippen LogP contribution in [-0.4, -0.2) is 41.0 Å². The van der Waals surface area contributed by atoms with Gasteiger partial charge in [-0.1, -0.05) is 49.6 Å².